The van der Waals surface area contributed by atoms with Gasteiger partial charge in [0.15, 0.2) is 0 Å². The van der Waals surface area contributed by atoms with Gasteiger partial charge in [0, 0.05) is 32.5 Å². The summed E-state index contributed by atoms with van der Waals surface area (Å²) >= 11 is 6.14. The summed E-state index contributed by atoms with van der Waals surface area (Å²) < 4.78 is 3.18. The molecule has 0 radical (unpaired) electrons. The molecule has 0 saturated carbocycles. The van der Waals surface area contributed by atoms with Gasteiger partial charge in [-0.3, -0.25) is 0 Å². The minimum Gasteiger partial charge on any atom is -0.396 e. The van der Waals surface area contributed by atoms with Crippen LogP contribution in [0.2, 0.25) is 0 Å². The lowest BCUT2D eigenvalue weighted by molar-refractivity contribution is 0.282. The second kappa shape index (κ2) is 17.7. The first-order valence-electron chi connectivity index (χ1n) is 15.4. The Bertz CT molecular complexity index is 1060. The molecule has 0 aliphatic carbocycles. The SMILES string of the molecule is CCCCCCc1cc(C)sc1Bc1cc(CCCCCC)c(Cc2cc(CCCCCCO)c(C)s2)s1. The number of unbranched alkanes of at least 4 members (excludes halogenated alkanes) is 9. The fraction of sp³-hybridized carbons (Fsp3) is 0.636. The fourth-order valence-corrected chi connectivity index (χ4v) is 9.11. The summed E-state index contributed by atoms with van der Waals surface area (Å²) in [4.78, 5) is 6.13. The van der Waals surface area contributed by atoms with E-state index in [0.29, 0.717) is 6.61 Å². The molecule has 3 rings (SSSR count). The van der Waals surface area contributed by atoms with E-state index in [2.05, 4.69) is 57.2 Å². The van der Waals surface area contributed by atoms with Crippen molar-refractivity contribution in [3.8, 4) is 0 Å². The molecule has 1 nitrogen and oxygen atoms in total. The first-order chi connectivity index (χ1) is 18.5. The van der Waals surface area contributed by atoms with Crippen LogP contribution in [0.15, 0.2) is 18.2 Å². The Morgan fingerprint density at radius 2 is 1.29 bits per heavy atom. The van der Waals surface area contributed by atoms with E-state index in [0.717, 1.165) is 26.5 Å². The predicted octanol–water partition coefficient (Wildman–Crippen LogP) is 8.81. The van der Waals surface area contributed by atoms with E-state index in [1.807, 2.05) is 22.7 Å². The van der Waals surface area contributed by atoms with E-state index in [-0.39, 0.29) is 0 Å². The van der Waals surface area contributed by atoms with Crippen LogP contribution in [0, 0.1) is 13.8 Å². The van der Waals surface area contributed by atoms with E-state index in [1.165, 1.54) is 93.2 Å². The molecular formula is C33H51BOS3. The molecule has 210 valence electrons. The zero-order chi connectivity index (χ0) is 27.2. The van der Waals surface area contributed by atoms with E-state index in [4.69, 9.17) is 5.11 Å². The van der Waals surface area contributed by atoms with Gasteiger partial charge in [-0.2, -0.15) is 22.7 Å². The third kappa shape index (κ3) is 10.6. The van der Waals surface area contributed by atoms with Gasteiger partial charge in [-0.05, 0) is 97.2 Å². The Kier molecular flexibility index (Phi) is 14.8. The zero-order valence-electron chi connectivity index (χ0n) is 24.6. The van der Waals surface area contributed by atoms with Crippen LogP contribution in [-0.2, 0) is 25.7 Å². The number of aliphatic hydroxyl groups excluding tert-OH is 1. The normalized spacial score (nSPS) is 11.5. The molecule has 0 aliphatic heterocycles. The van der Waals surface area contributed by atoms with Crippen LogP contribution in [0.4, 0.5) is 0 Å². The van der Waals surface area contributed by atoms with Gasteiger partial charge in [0.25, 0.3) is 0 Å². The maximum absolute atomic E-state index is 9.03. The van der Waals surface area contributed by atoms with Crippen molar-refractivity contribution in [2.24, 2.45) is 0 Å². The Morgan fingerprint density at radius 1 is 0.658 bits per heavy atom. The van der Waals surface area contributed by atoms with Crippen molar-refractivity contribution in [1.29, 1.82) is 0 Å². The minimum atomic E-state index is 0.331. The highest BCUT2D eigenvalue weighted by Gasteiger charge is 2.16. The van der Waals surface area contributed by atoms with E-state index < -0.39 is 0 Å². The van der Waals surface area contributed by atoms with Crippen molar-refractivity contribution in [2.75, 3.05) is 6.61 Å². The Balaban J connectivity index is 1.70. The fourth-order valence-electron chi connectivity index (χ4n) is 5.46. The second-order valence-corrected chi connectivity index (χ2v) is 15.0. The van der Waals surface area contributed by atoms with Crippen LogP contribution >= 0.6 is 34.0 Å². The highest BCUT2D eigenvalue weighted by Crippen LogP contribution is 2.29. The maximum atomic E-state index is 9.03. The molecule has 3 heterocycles. The molecule has 0 spiro atoms. The lowest BCUT2D eigenvalue weighted by Gasteiger charge is -2.03. The van der Waals surface area contributed by atoms with Crippen molar-refractivity contribution in [2.45, 2.75) is 130 Å². The predicted molar refractivity (Wildman–Crippen MR) is 177 cm³/mol. The first kappa shape index (κ1) is 31.6. The maximum Gasteiger partial charge on any atom is 0.218 e. The van der Waals surface area contributed by atoms with Gasteiger partial charge in [0.2, 0.25) is 7.28 Å². The van der Waals surface area contributed by atoms with Crippen molar-refractivity contribution < 1.29 is 5.11 Å². The molecule has 1 N–H and O–H groups in total. The average Bonchev–Trinajstić information content (AvgIpc) is 3.56. The van der Waals surface area contributed by atoms with Gasteiger partial charge in [-0.1, -0.05) is 71.3 Å². The van der Waals surface area contributed by atoms with Gasteiger partial charge in [-0.25, -0.2) is 0 Å². The molecule has 3 aromatic rings. The van der Waals surface area contributed by atoms with Crippen LogP contribution in [0.1, 0.15) is 127 Å². The van der Waals surface area contributed by atoms with Crippen molar-refractivity contribution in [1.82, 2.24) is 0 Å². The summed E-state index contributed by atoms with van der Waals surface area (Å²) in [7, 11) is 1.12. The smallest absolute Gasteiger partial charge is 0.218 e. The van der Waals surface area contributed by atoms with E-state index in [1.54, 1.807) is 36.0 Å². The third-order valence-electron chi connectivity index (χ3n) is 7.66. The Hall–Kier alpha value is -0.875. The number of hydrogen-bond donors (Lipinski definition) is 1. The van der Waals surface area contributed by atoms with E-state index in [9.17, 15) is 0 Å². The summed E-state index contributed by atoms with van der Waals surface area (Å²) in [5.41, 5.74) is 4.79. The molecule has 0 unspecified atom stereocenters. The van der Waals surface area contributed by atoms with Crippen LogP contribution in [0.5, 0.6) is 0 Å². The number of aliphatic hydroxyl groups is 1. The molecule has 0 amide bonds. The Labute approximate surface area is 246 Å². The van der Waals surface area contributed by atoms with Crippen molar-refractivity contribution in [3.05, 3.63) is 54.4 Å². The quantitative estimate of drug-likeness (QED) is 0.106. The molecule has 0 aliphatic rings. The Morgan fingerprint density at radius 3 is 1.97 bits per heavy atom. The first-order valence-corrected chi connectivity index (χ1v) is 17.9. The number of aryl methyl sites for hydroxylation is 5. The molecule has 5 heteroatoms. The largest absolute Gasteiger partial charge is 0.396 e. The standard InChI is InChI=1S/C33H51BOS3/c1-5-7-9-13-18-28-23-32(34-33-29(21-25(3)36-33)19-14-10-8-6-2)38-31(28)24-30-22-27(26(4)37-30)17-15-11-12-16-20-35/h21-23,34-35H,5-20,24H2,1-4H3. The third-order valence-corrected chi connectivity index (χ3v) is 11.0. The van der Waals surface area contributed by atoms with Gasteiger partial charge in [0.1, 0.15) is 0 Å². The summed E-state index contributed by atoms with van der Waals surface area (Å²) in [5, 5.41) is 9.03. The monoisotopic (exact) mass is 570 g/mol. The van der Waals surface area contributed by atoms with Crippen LogP contribution in [-0.4, -0.2) is 19.0 Å². The van der Waals surface area contributed by atoms with Gasteiger partial charge >= 0.3 is 0 Å². The van der Waals surface area contributed by atoms with Crippen LogP contribution in [0.25, 0.3) is 0 Å². The molecule has 3 aromatic heterocycles. The summed E-state index contributed by atoms with van der Waals surface area (Å²) in [6.07, 6.45) is 20.0. The lowest BCUT2D eigenvalue weighted by Crippen LogP contribution is -2.24. The topological polar surface area (TPSA) is 20.2 Å². The average molecular weight is 571 g/mol. The van der Waals surface area contributed by atoms with Crippen LogP contribution in [0.3, 0.4) is 0 Å². The molecular weight excluding hydrogens is 519 g/mol. The molecule has 0 atom stereocenters. The van der Waals surface area contributed by atoms with E-state index >= 15 is 0 Å². The molecule has 0 saturated heterocycles. The molecule has 0 fully saturated rings. The minimum absolute atomic E-state index is 0.331. The van der Waals surface area contributed by atoms with Crippen molar-refractivity contribution in [3.63, 3.8) is 0 Å². The van der Waals surface area contributed by atoms with Gasteiger partial charge in [0.05, 0.1) is 0 Å². The highest BCUT2D eigenvalue weighted by atomic mass is 32.1. The highest BCUT2D eigenvalue weighted by molar-refractivity contribution is 7.29. The number of hydrogen-bond acceptors (Lipinski definition) is 4. The summed E-state index contributed by atoms with van der Waals surface area (Å²) in [6.45, 7) is 9.53. The second-order valence-electron chi connectivity index (χ2n) is 11.1. The molecule has 0 bridgehead atoms. The van der Waals surface area contributed by atoms with Gasteiger partial charge in [-0.15, -0.1) is 11.3 Å². The summed E-state index contributed by atoms with van der Waals surface area (Å²) in [5.74, 6) is 0. The van der Waals surface area contributed by atoms with Crippen LogP contribution < -0.4 is 9.55 Å². The lowest BCUT2D eigenvalue weighted by atomic mass is 9.72. The molecule has 0 aromatic carbocycles. The number of thiophene rings is 3. The van der Waals surface area contributed by atoms with Gasteiger partial charge < -0.3 is 5.11 Å². The summed E-state index contributed by atoms with van der Waals surface area (Å²) in [6, 6.07) is 7.54. The molecule has 38 heavy (non-hydrogen) atoms. The zero-order valence-corrected chi connectivity index (χ0v) is 27.1. The number of rotatable bonds is 20. The van der Waals surface area contributed by atoms with Crippen molar-refractivity contribution >= 4 is 50.8 Å².